The summed E-state index contributed by atoms with van der Waals surface area (Å²) in [5, 5.41) is 18.6. The van der Waals surface area contributed by atoms with E-state index in [9.17, 15) is 15.0 Å². The van der Waals surface area contributed by atoms with Gasteiger partial charge >= 0.3 is 0 Å². The van der Waals surface area contributed by atoms with Crippen LogP contribution < -0.4 is 0 Å². The summed E-state index contributed by atoms with van der Waals surface area (Å²) in [4.78, 5) is 12.7. The summed E-state index contributed by atoms with van der Waals surface area (Å²) in [6, 6.07) is 0. The molecule has 0 aliphatic carbocycles. The van der Waals surface area contributed by atoms with E-state index >= 15 is 0 Å². The topological polar surface area (TPSA) is 60.8 Å². The minimum absolute atomic E-state index is 0.101. The molecule has 4 nitrogen and oxygen atoms in total. The zero-order valence-electron chi connectivity index (χ0n) is 9.64. The van der Waals surface area contributed by atoms with E-state index in [0.717, 1.165) is 0 Å². The van der Waals surface area contributed by atoms with Crippen molar-refractivity contribution in [2.75, 3.05) is 25.4 Å². The molecule has 0 rings (SSSR count). The van der Waals surface area contributed by atoms with Crippen molar-refractivity contribution in [3.63, 3.8) is 0 Å². The number of rotatable bonds is 7. The molecule has 0 fully saturated rings. The third-order valence-corrected chi connectivity index (χ3v) is 2.55. The standard InChI is InChI=1S/C10H21NO3S/c1-8(12)6-11(7-9(2)13)4-5-15-10(3)14/h8-9,12-13H,4-7H2,1-3H3. The molecule has 0 saturated carbocycles. The van der Waals surface area contributed by atoms with Crippen molar-refractivity contribution in [1.82, 2.24) is 4.90 Å². The van der Waals surface area contributed by atoms with Gasteiger partial charge in [-0.05, 0) is 13.8 Å². The van der Waals surface area contributed by atoms with Crippen molar-refractivity contribution in [1.29, 1.82) is 0 Å². The quantitative estimate of drug-likeness (QED) is 0.666. The summed E-state index contributed by atoms with van der Waals surface area (Å²) in [7, 11) is 0. The molecule has 5 heteroatoms. The fraction of sp³-hybridized carbons (Fsp3) is 0.900. The molecule has 0 amide bonds. The molecular formula is C10H21NO3S. The van der Waals surface area contributed by atoms with Crippen LogP contribution in [0.1, 0.15) is 20.8 Å². The average molecular weight is 235 g/mol. The van der Waals surface area contributed by atoms with E-state index in [4.69, 9.17) is 0 Å². The zero-order valence-corrected chi connectivity index (χ0v) is 10.5. The maximum absolute atomic E-state index is 10.7. The van der Waals surface area contributed by atoms with Gasteiger partial charge in [0.05, 0.1) is 12.2 Å². The van der Waals surface area contributed by atoms with E-state index < -0.39 is 12.2 Å². The fourth-order valence-electron chi connectivity index (χ4n) is 1.32. The predicted octanol–water partition coefficient (Wildman–Crippen LogP) is 0.330. The van der Waals surface area contributed by atoms with Crippen LogP contribution in [0.2, 0.25) is 0 Å². The molecule has 0 aliphatic rings. The molecule has 2 N–H and O–H groups in total. The summed E-state index contributed by atoms with van der Waals surface area (Å²) in [5.41, 5.74) is 0. The molecule has 0 aromatic rings. The normalized spacial score (nSPS) is 15.3. The van der Waals surface area contributed by atoms with Crippen LogP contribution in [0.3, 0.4) is 0 Å². The highest BCUT2D eigenvalue weighted by Gasteiger charge is 2.10. The highest BCUT2D eigenvalue weighted by atomic mass is 32.2. The number of thioether (sulfide) groups is 1. The lowest BCUT2D eigenvalue weighted by Crippen LogP contribution is -2.37. The number of carbonyl (C=O) groups excluding carboxylic acids is 1. The number of aliphatic hydroxyl groups is 2. The minimum Gasteiger partial charge on any atom is -0.392 e. The fourth-order valence-corrected chi connectivity index (χ4v) is 1.96. The Hall–Kier alpha value is -0.100. The maximum Gasteiger partial charge on any atom is 0.185 e. The van der Waals surface area contributed by atoms with Gasteiger partial charge in [-0.1, -0.05) is 11.8 Å². The van der Waals surface area contributed by atoms with Crippen molar-refractivity contribution in [2.24, 2.45) is 0 Å². The molecule has 0 spiro atoms. The summed E-state index contributed by atoms with van der Waals surface area (Å²) in [5.74, 6) is 0.703. The van der Waals surface area contributed by atoms with Crippen molar-refractivity contribution in [3.8, 4) is 0 Å². The molecule has 2 unspecified atom stereocenters. The summed E-state index contributed by atoms with van der Waals surface area (Å²) >= 11 is 1.27. The second kappa shape index (κ2) is 8.10. The summed E-state index contributed by atoms with van der Waals surface area (Å²) < 4.78 is 0. The van der Waals surface area contributed by atoms with Gasteiger partial charge in [0, 0.05) is 32.3 Å². The lowest BCUT2D eigenvalue weighted by atomic mass is 10.3. The Kier molecular flexibility index (Phi) is 8.04. The molecule has 90 valence electrons. The molecule has 2 atom stereocenters. The Morgan fingerprint density at radius 2 is 1.73 bits per heavy atom. The SMILES string of the molecule is CC(=O)SCCN(CC(C)O)CC(C)O. The first-order chi connectivity index (χ1) is 6.91. The third-order valence-electron chi connectivity index (χ3n) is 1.76. The third kappa shape index (κ3) is 10.2. The van der Waals surface area contributed by atoms with Gasteiger partial charge in [-0.3, -0.25) is 9.69 Å². The Labute approximate surface area is 95.7 Å². The van der Waals surface area contributed by atoms with E-state index in [1.54, 1.807) is 20.8 Å². The molecule has 0 radical (unpaired) electrons. The van der Waals surface area contributed by atoms with Gasteiger partial charge in [0.15, 0.2) is 5.12 Å². The highest BCUT2D eigenvalue weighted by molar-refractivity contribution is 8.13. The van der Waals surface area contributed by atoms with Crippen LogP contribution in [0.25, 0.3) is 0 Å². The number of hydrogen-bond donors (Lipinski definition) is 2. The Balaban J connectivity index is 3.84. The first kappa shape index (κ1) is 14.9. The van der Waals surface area contributed by atoms with Crippen LogP contribution >= 0.6 is 11.8 Å². The Bertz CT molecular complexity index is 176. The van der Waals surface area contributed by atoms with E-state index in [1.807, 2.05) is 4.90 Å². The van der Waals surface area contributed by atoms with Crippen LogP contribution in [0.15, 0.2) is 0 Å². The smallest absolute Gasteiger partial charge is 0.185 e. The van der Waals surface area contributed by atoms with Crippen LogP contribution in [-0.4, -0.2) is 57.8 Å². The molecule has 0 aliphatic heterocycles. The van der Waals surface area contributed by atoms with E-state index in [1.165, 1.54) is 11.8 Å². The van der Waals surface area contributed by atoms with Crippen molar-refractivity contribution < 1.29 is 15.0 Å². The van der Waals surface area contributed by atoms with E-state index in [-0.39, 0.29) is 5.12 Å². The van der Waals surface area contributed by atoms with Crippen molar-refractivity contribution >= 4 is 16.9 Å². The molecule has 0 aromatic carbocycles. The Morgan fingerprint density at radius 1 is 1.27 bits per heavy atom. The van der Waals surface area contributed by atoms with Gasteiger partial charge in [-0.15, -0.1) is 0 Å². The van der Waals surface area contributed by atoms with E-state index in [0.29, 0.717) is 25.4 Å². The van der Waals surface area contributed by atoms with Crippen molar-refractivity contribution in [3.05, 3.63) is 0 Å². The minimum atomic E-state index is -0.411. The average Bonchev–Trinajstić information content (AvgIpc) is 2.00. The lowest BCUT2D eigenvalue weighted by Gasteiger charge is -2.24. The lowest BCUT2D eigenvalue weighted by molar-refractivity contribution is -0.109. The summed E-state index contributed by atoms with van der Waals surface area (Å²) in [6.07, 6.45) is -0.822. The maximum atomic E-state index is 10.7. The molecular weight excluding hydrogens is 214 g/mol. The largest absolute Gasteiger partial charge is 0.392 e. The number of nitrogens with zero attached hydrogens (tertiary/aromatic N) is 1. The van der Waals surface area contributed by atoms with Gasteiger partial charge in [0.1, 0.15) is 0 Å². The second-order valence-corrected chi connectivity index (χ2v) is 5.07. The van der Waals surface area contributed by atoms with Crippen LogP contribution in [-0.2, 0) is 4.79 Å². The van der Waals surface area contributed by atoms with Crippen LogP contribution in [0, 0.1) is 0 Å². The van der Waals surface area contributed by atoms with Gasteiger partial charge in [0.2, 0.25) is 0 Å². The van der Waals surface area contributed by atoms with Gasteiger partial charge < -0.3 is 10.2 Å². The second-order valence-electron chi connectivity index (χ2n) is 3.80. The predicted molar refractivity (Wildman–Crippen MR) is 62.9 cm³/mol. The first-order valence-electron chi connectivity index (χ1n) is 5.13. The monoisotopic (exact) mass is 235 g/mol. The van der Waals surface area contributed by atoms with Crippen molar-refractivity contribution in [2.45, 2.75) is 33.0 Å². The van der Waals surface area contributed by atoms with E-state index in [2.05, 4.69) is 0 Å². The molecule has 0 bridgehead atoms. The highest BCUT2D eigenvalue weighted by Crippen LogP contribution is 2.03. The Morgan fingerprint density at radius 3 is 2.07 bits per heavy atom. The van der Waals surface area contributed by atoms with Gasteiger partial charge in [0.25, 0.3) is 0 Å². The molecule has 15 heavy (non-hydrogen) atoms. The van der Waals surface area contributed by atoms with Crippen LogP contribution in [0.4, 0.5) is 0 Å². The number of hydrogen-bond acceptors (Lipinski definition) is 5. The number of carbonyl (C=O) groups is 1. The molecule has 0 saturated heterocycles. The van der Waals surface area contributed by atoms with Crippen LogP contribution in [0.5, 0.6) is 0 Å². The number of aliphatic hydroxyl groups excluding tert-OH is 2. The zero-order chi connectivity index (χ0) is 11.8. The molecule has 0 aromatic heterocycles. The molecule has 0 heterocycles. The first-order valence-corrected chi connectivity index (χ1v) is 6.12. The summed E-state index contributed by atoms with van der Waals surface area (Å²) in [6.45, 7) is 6.74. The van der Waals surface area contributed by atoms with Gasteiger partial charge in [-0.25, -0.2) is 0 Å². The van der Waals surface area contributed by atoms with Gasteiger partial charge in [-0.2, -0.15) is 0 Å².